The number of hydrogen-bond acceptors (Lipinski definition) is 4. The number of amides is 1. The van der Waals surface area contributed by atoms with Crippen molar-refractivity contribution in [1.82, 2.24) is 4.98 Å². The molecule has 1 heterocycles. The van der Waals surface area contributed by atoms with Gasteiger partial charge in [0.2, 0.25) is 0 Å². The monoisotopic (exact) mass is 488 g/mol. The number of carbonyl (C=O) groups is 1. The van der Waals surface area contributed by atoms with E-state index in [1.54, 1.807) is 29.5 Å². The van der Waals surface area contributed by atoms with Gasteiger partial charge in [0.1, 0.15) is 10.8 Å². The molecule has 1 amide bonds. The van der Waals surface area contributed by atoms with E-state index in [1.165, 1.54) is 0 Å². The predicted molar refractivity (Wildman–Crippen MR) is 129 cm³/mol. The molecule has 8 heteroatoms. The van der Waals surface area contributed by atoms with E-state index in [4.69, 9.17) is 44.5 Å². The highest BCUT2D eigenvalue weighted by molar-refractivity contribution is 7.13. The first kappa shape index (κ1) is 21.7. The largest absolute Gasteiger partial charge is 0.482 e. The number of benzene rings is 3. The van der Waals surface area contributed by atoms with E-state index in [0.717, 1.165) is 21.8 Å². The maximum atomic E-state index is 12.3. The minimum Gasteiger partial charge on any atom is -0.482 e. The number of halogens is 3. The summed E-state index contributed by atoms with van der Waals surface area (Å²) in [5, 5.41) is 7.24. The number of hydrogen-bond donors (Lipinski definition) is 1. The average Bonchev–Trinajstić information content (AvgIpc) is 3.24. The summed E-state index contributed by atoms with van der Waals surface area (Å²) in [6.45, 7) is -0.178. The molecule has 4 rings (SSSR count). The summed E-state index contributed by atoms with van der Waals surface area (Å²) in [4.78, 5) is 17.0. The highest BCUT2D eigenvalue weighted by Gasteiger charge is 2.10. The first-order valence-electron chi connectivity index (χ1n) is 9.17. The summed E-state index contributed by atoms with van der Waals surface area (Å²) in [5.41, 5.74) is 3.38. The molecular formula is C23H15Cl3N2O2S. The molecule has 0 aliphatic carbocycles. The van der Waals surface area contributed by atoms with Gasteiger partial charge in [-0.3, -0.25) is 4.79 Å². The first-order chi connectivity index (χ1) is 15.0. The Morgan fingerprint density at radius 1 is 0.935 bits per heavy atom. The Morgan fingerprint density at radius 3 is 2.48 bits per heavy atom. The molecule has 0 saturated carbocycles. The van der Waals surface area contributed by atoms with Crippen molar-refractivity contribution in [2.24, 2.45) is 0 Å². The quantitative estimate of drug-likeness (QED) is 0.306. The number of ether oxygens (including phenoxy) is 1. The number of aromatic nitrogens is 1. The van der Waals surface area contributed by atoms with Crippen LogP contribution in [0.1, 0.15) is 0 Å². The van der Waals surface area contributed by atoms with E-state index < -0.39 is 0 Å². The van der Waals surface area contributed by atoms with Crippen molar-refractivity contribution in [1.29, 1.82) is 0 Å². The molecule has 0 spiro atoms. The molecule has 0 aliphatic rings. The molecule has 31 heavy (non-hydrogen) atoms. The van der Waals surface area contributed by atoms with Crippen LogP contribution in [0.2, 0.25) is 15.1 Å². The van der Waals surface area contributed by atoms with Crippen LogP contribution in [0.5, 0.6) is 5.75 Å². The molecule has 3 aromatic carbocycles. The zero-order valence-electron chi connectivity index (χ0n) is 15.9. The summed E-state index contributed by atoms with van der Waals surface area (Å²) in [5.74, 6) is 0.0930. The second-order valence-corrected chi connectivity index (χ2v) is 8.68. The van der Waals surface area contributed by atoms with Crippen molar-refractivity contribution in [3.8, 4) is 27.6 Å². The number of rotatable bonds is 6. The summed E-state index contributed by atoms with van der Waals surface area (Å²) < 4.78 is 5.48. The molecule has 0 fully saturated rings. The van der Waals surface area contributed by atoms with Gasteiger partial charge in [-0.15, -0.1) is 11.3 Å². The Bertz CT molecular complexity index is 1230. The fraction of sp³-hybridized carbons (Fsp3) is 0.0435. The van der Waals surface area contributed by atoms with E-state index in [-0.39, 0.29) is 12.5 Å². The molecule has 0 saturated heterocycles. The van der Waals surface area contributed by atoms with Crippen LogP contribution in [0.15, 0.2) is 72.1 Å². The minimum absolute atomic E-state index is 0.178. The van der Waals surface area contributed by atoms with Crippen LogP contribution in [0.4, 0.5) is 5.69 Å². The smallest absolute Gasteiger partial charge is 0.262 e. The Balaban J connectivity index is 1.42. The van der Waals surface area contributed by atoms with Crippen molar-refractivity contribution in [3.05, 3.63) is 87.2 Å². The fourth-order valence-electron chi connectivity index (χ4n) is 2.82. The van der Waals surface area contributed by atoms with Gasteiger partial charge in [-0.2, -0.15) is 0 Å². The van der Waals surface area contributed by atoms with Crippen molar-refractivity contribution in [2.45, 2.75) is 0 Å². The number of thiazole rings is 1. The van der Waals surface area contributed by atoms with Crippen LogP contribution < -0.4 is 10.1 Å². The van der Waals surface area contributed by atoms with E-state index in [1.807, 2.05) is 53.9 Å². The third kappa shape index (κ3) is 5.57. The fourth-order valence-corrected chi connectivity index (χ4v) is 4.24. The van der Waals surface area contributed by atoms with Gasteiger partial charge >= 0.3 is 0 Å². The zero-order valence-corrected chi connectivity index (χ0v) is 19.0. The van der Waals surface area contributed by atoms with Gasteiger partial charge in [0.25, 0.3) is 5.91 Å². The Hall–Kier alpha value is -2.57. The Labute approximate surface area is 198 Å². The van der Waals surface area contributed by atoms with Crippen molar-refractivity contribution >= 4 is 57.7 Å². The van der Waals surface area contributed by atoms with Crippen LogP contribution in [0.3, 0.4) is 0 Å². The molecule has 0 atom stereocenters. The van der Waals surface area contributed by atoms with E-state index in [0.29, 0.717) is 26.5 Å². The van der Waals surface area contributed by atoms with Crippen molar-refractivity contribution in [2.75, 3.05) is 11.9 Å². The van der Waals surface area contributed by atoms with E-state index in [9.17, 15) is 4.79 Å². The third-order valence-electron chi connectivity index (χ3n) is 4.29. The van der Waals surface area contributed by atoms with Gasteiger partial charge in [0.15, 0.2) is 6.61 Å². The third-order valence-corrected chi connectivity index (χ3v) is 5.96. The van der Waals surface area contributed by atoms with Crippen LogP contribution >= 0.6 is 46.1 Å². The van der Waals surface area contributed by atoms with E-state index >= 15 is 0 Å². The van der Waals surface area contributed by atoms with Gasteiger partial charge in [0, 0.05) is 32.2 Å². The molecule has 4 aromatic rings. The van der Waals surface area contributed by atoms with Crippen LogP contribution in [0.25, 0.3) is 21.8 Å². The Kier molecular flexibility index (Phi) is 6.78. The number of carbonyl (C=O) groups excluding carboxylic acids is 1. The predicted octanol–water partition coefficient (Wildman–Crippen LogP) is 7.45. The summed E-state index contributed by atoms with van der Waals surface area (Å²) in [7, 11) is 0. The van der Waals surface area contributed by atoms with Gasteiger partial charge in [-0.1, -0.05) is 59.1 Å². The molecule has 156 valence electrons. The lowest BCUT2D eigenvalue weighted by atomic mass is 10.1. The molecule has 0 unspecified atom stereocenters. The second kappa shape index (κ2) is 9.71. The van der Waals surface area contributed by atoms with Crippen LogP contribution in [0, 0.1) is 0 Å². The SMILES string of the molecule is O=C(COc1ccc(Cl)cc1Cl)Nc1cccc(-c2csc(-c3ccc(Cl)cc3)n2)c1. The first-order valence-corrected chi connectivity index (χ1v) is 11.2. The average molecular weight is 490 g/mol. The molecule has 0 radical (unpaired) electrons. The maximum absolute atomic E-state index is 12.3. The van der Waals surface area contributed by atoms with Crippen LogP contribution in [-0.2, 0) is 4.79 Å². The molecule has 4 nitrogen and oxygen atoms in total. The van der Waals surface area contributed by atoms with Gasteiger partial charge in [-0.25, -0.2) is 4.98 Å². The number of nitrogens with zero attached hydrogens (tertiary/aromatic N) is 1. The highest BCUT2D eigenvalue weighted by Crippen LogP contribution is 2.31. The highest BCUT2D eigenvalue weighted by atomic mass is 35.5. The van der Waals surface area contributed by atoms with Gasteiger partial charge < -0.3 is 10.1 Å². The molecule has 1 aromatic heterocycles. The molecular weight excluding hydrogens is 475 g/mol. The topological polar surface area (TPSA) is 51.2 Å². The lowest BCUT2D eigenvalue weighted by Gasteiger charge is -2.09. The van der Waals surface area contributed by atoms with E-state index in [2.05, 4.69) is 5.32 Å². The zero-order chi connectivity index (χ0) is 21.8. The number of anilines is 1. The van der Waals surface area contributed by atoms with Crippen LogP contribution in [-0.4, -0.2) is 17.5 Å². The molecule has 1 N–H and O–H groups in total. The lowest BCUT2D eigenvalue weighted by molar-refractivity contribution is -0.118. The van der Waals surface area contributed by atoms with Gasteiger partial charge in [0.05, 0.1) is 10.7 Å². The summed E-state index contributed by atoms with van der Waals surface area (Å²) >= 11 is 19.4. The van der Waals surface area contributed by atoms with Crippen molar-refractivity contribution in [3.63, 3.8) is 0 Å². The minimum atomic E-state index is -0.303. The Morgan fingerprint density at radius 2 is 1.71 bits per heavy atom. The van der Waals surface area contributed by atoms with Gasteiger partial charge in [-0.05, 0) is 42.5 Å². The molecule has 0 aliphatic heterocycles. The normalized spacial score (nSPS) is 10.7. The summed E-state index contributed by atoms with van der Waals surface area (Å²) in [6.07, 6.45) is 0. The lowest BCUT2D eigenvalue weighted by Crippen LogP contribution is -2.20. The maximum Gasteiger partial charge on any atom is 0.262 e. The standard InChI is InChI=1S/C23H15Cl3N2O2S/c24-16-6-4-14(5-7-16)23-28-20(13-31-23)15-2-1-3-18(10-15)27-22(29)12-30-21-9-8-17(25)11-19(21)26/h1-11,13H,12H2,(H,27,29). The second-order valence-electron chi connectivity index (χ2n) is 6.54. The summed E-state index contributed by atoms with van der Waals surface area (Å²) in [6, 6.07) is 19.9. The number of nitrogens with one attached hydrogen (secondary N) is 1. The van der Waals surface area contributed by atoms with Crippen molar-refractivity contribution < 1.29 is 9.53 Å². The molecule has 0 bridgehead atoms.